The number of hydrogen-bond acceptors (Lipinski definition) is 3. The van der Waals surface area contributed by atoms with E-state index in [1.807, 2.05) is 24.6 Å². The lowest BCUT2D eigenvalue weighted by Crippen LogP contribution is -2.19. The van der Waals surface area contributed by atoms with Crippen LogP contribution < -0.4 is 5.73 Å². The monoisotopic (exact) mass is 247 g/mol. The summed E-state index contributed by atoms with van der Waals surface area (Å²) in [6.45, 7) is 10.2. The van der Waals surface area contributed by atoms with E-state index in [9.17, 15) is 0 Å². The molecule has 1 atom stereocenters. The summed E-state index contributed by atoms with van der Waals surface area (Å²) in [6.07, 6.45) is 1.80. The van der Waals surface area contributed by atoms with Gasteiger partial charge in [-0.2, -0.15) is 5.10 Å². The van der Waals surface area contributed by atoms with E-state index in [-0.39, 0.29) is 6.04 Å². The predicted molar refractivity (Wildman–Crippen MR) is 71.6 cm³/mol. The van der Waals surface area contributed by atoms with Crippen molar-refractivity contribution in [3.8, 4) is 0 Å². The maximum atomic E-state index is 6.39. The molecule has 0 saturated carbocycles. The van der Waals surface area contributed by atoms with E-state index < -0.39 is 0 Å². The predicted octanol–water partition coefficient (Wildman–Crippen LogP) is 3.03. The highest BCUT2D eigenvalue weighted by Crippen LogP contribution is 2.30. The van der Waals surface area contributed by atoms with Gasteiger partial charge in [0, 0.05) is 17.8 Å². The lowest BCUT2D eigenvalue weighted by molar-refractivity contribution is 0.486. The fourth-order valence-corrected chi connectivity index (χ4v) is 2.42. The van der Waals surface area contributed by atoms with Crippen molar-refractivity contribution in [3.05, 3.63) is 40.6 Å². The molecule has 0 radical (unpaired) electrons. The van der Waals surface area contributed by atoms with Gasteiger partial charge in [0.2, 0.25) is 0 Å². The van der Waals surface area contributed by atoms with Gasteiger partial charge in [-0.25, -0.2) is 0 Å². The zero-order valence-corrected chi connectivity index (χ0v) is 11.7. The first-order valence-electron chi connectivity index (χ1n) is 6.29. The SMILES string of the molecule is Cc1oc(C)c(C(N)c2ccnn2C(C)C)c1C. The van der Waals surface area contributed by atoms with Crippen LogP contribution >= 0.6 is 0 Å². The molecule has 0 aliphatic rings. The molecule has 98 valence electrons. The zero-order chi connectivity index (χ0) is 13.4. The Hall–Kier alpha value is -1.55. The standard InChI is InChI=1S/C14H21N3O/c1-8(2)17-12(6-7-16-17)14(15)13-9(3)10(4)18-11(13)5/h6-8,14H,15H2,1-5H3. The van der Waals surface area contributed by atoms with E-state index in [4.69, 9.17) is 10.2 Å². The third-order valence-corrected chi connectivity index (χ3v) is 3.44. The number of nitrogens with two attached hydrogens (primary N) is 1. The normalized spacial score (nSPS) is 13.3. The number of furan rings is 1. The van der Waals surface area contributed by atoms with E-state index in [0.29, 0.717) is 6.04 Å². The molecule has 4 nitrogen and oxygen atoms in total. The molecule has 2 aromatic heterocycles. The first-order valence-corrected chi connectivity index (χ1v) is 6.29. The molecule has 0 aromatic carbocycles. The van der Waals surface area contributed by atoms with Crippen molar-refractivity contribution in [2.75, 3.05) is 0 Å². The van der Waals surface area contributed by atoms with Crippen molar-refractivity contribution in [1.82, 2.24) is 9.78 Å². The third-order valence-electron chi connectivity index (χ3n) is 3.44. The van der Waals surface area contributed by atoms with Crippen LogP contribution in [0.4, 0.5) is 0 Å². The van der Waals surface area contributed by atoms with Crippen LogP contribution in [0.1, 0.15) is 54.3 Å². The summed E-state index contributed by atoms with van der Waals surface area (Å²) in [7, 11) is 0. The molecule has 2 aromatic rings. The average Bonchev–Trinajstić information content (AvgIpc) is 2.85. The summed E-state index contributed by atoms with van der Waals surface area (Å²) in [4.78, 5) is 0. The molecule has 0 saturated heterocycles. The van der Waals surface area contributed by atoms with Gasteiger partial charge in [-0.1, -0.05) is 0 Å². The third kappa shape index (κ3) is 1.97. The lowest BCUT2D eigenvalue weighted by atomic mass is 10.00. The van der Waals surface area contributed by atoms with Crippen LogP contribution in [0.3, 0.4) is 0 Å². The molecule has 4 heteroatoms. The van der Waals surface area contributed by atoms with E-state index in [1.165, 1.54) is 0 Å². The maximum Gasteiger partial charge on any atom is 0.106 e. The van der Waals surface area contributed by atoms with Gasteiger partial charge in [-0.3, -0.25) is 4.68 Å². The van der Waals surface area contributed by atoms with Crippen molar-refractivity contribution in [2.24, 2.45) is 5.73 Å². The molecule has 0 amide bonds. The molecule has 0 spiro atoms. The van der Waals surface area contributed by atoms with Crippen molar-refractivity contribution in [3.63, 3.8) is 0 Å². The second-order valence-electron chi connectivity index (χ2n) is 5.03. The number of aromatic nitrogens is 2. The summed E-state index contributed by atoms with van der Waals surface area (Å²) < 4.78 is 7.62. The lowest BCUT2D eigenvalue weighted by Gasteiger charge is -2.17. The van der Waals surface area contributed by atoms with Gasteiger partial charge in [-0.15, -0.1) is 0 Å². The average molecular weight is 247 g/mol. The maximum absolute atomic E-state index is 6.39. The summed E-state index contributed by atoms with van der Waals surface area (Å²) in [5.41, 5.74) is 9.63. The van der Waals surface area contributed by atoms with Crippen LogP contribution in [0.25, 0.3) is 0 Å². The number of aryl methyl sites for hydroxylation is 2. The van der Waals surface area contributed by atoms with Crippen LogP contribution in [-0.4, -0.2) is 9.78 Å². The molecule has 0 aliphatic heterocycles. The zero-order valence-electron chi connectivity index (χ0n) is 11.7. The number of hydrogen-bond donors (Lipinski definition) is 1. The summed E-state index contributed by atoms with van der Waals surface area (Å²) in [5, 5.41) is 4.33. The molecule has 0 fully saturated rings. The minimum absolute atomic E-state index is 0.188. The van der Waals surface area contributed by atoms with Crippen LogP contribution in [0.15, 0.2) is 16.7 Å². The Morgan fingerprint density at radius 1 is 1.22 bits per heavy atom. The fourth-order valence-electron chi connectivity index (χ4n) is 2.42. The minimum Gasteiger partial charge on any atom is -0.466 e. The highest BCUT2D eigenvalue weighted by atomic mass is 16.3. The quantitative estimate of drug-likeness (QED) is 0.907. The summed E-state index contributed by atoms with van der Waals surface area (Å²) in [6, 6.07) is 2.09. The van der Waals surface area contributed by atoms with Gasteiger partial charge in [-0.05, 0) is 46.2 Å². The van der Waals surface area contributed by atoms with Crippen LogP contribution in [0, 0.1) is 20.8 Å². The molecule has 2 rings (SSSR count). The molecule has 0 aliphatic carbocycles. The smallest absolute Gasteiger partial charge is 0.106 e. The molecule has 18 heavy (non-hydrogen) atoms. The second-order valence-corrected chi connectivity index (χ2v) is 5.03. The Morgan fingerprint density at radius 2 is 1.89 bits per heavy atom. The molecular formula is C14H21N3O. The largest absolute Gasteiger partial charge is 0.466 e. The van der Waals surface area contributed by atoms with Crippen molar-refractivity contribution < 1.29 is 4.42 Å². The number of rotatable bonds is 3. The first kappa shape index (κ1) is 12.9. The molecular weight excluding hydrogens is 226 g/mol. The van der Waals surface area contributed by atoms with Gasteiger partial charge in [0.25, 0.3) is 0 Å². The van der Waals surface area contributed by atoms with Crippen LogP contribution in [0.2, 0.25) is 0 Å². The van der Waals surface area contributed by atoms with Crippen molar-refractivity contribution >= 4 is 0 Å². The fraction of sp³-hybridized carbons (Fsp3) is 0.500. The van der Waals surface area contributed by atoms with Gasteiger partial charge in [0.05, 0.1) is 11.7 Å². The topological polar surface area (TPSA) is 57.0 Å². The molecule has 1 unspecified atom stereocenters. The Bertz CT molecular complexity index is 551. The molecule has 0 bridgehead atoms. The van der Waals surface area contributed by atoms with Gasteiger partial charge < -0.3 is 10.2 Å². The highest BCUT2D eigenvalue weighted by molar-refractivity contribution is 5.38. The number of nitrogens with zero attached hydrogens (tertiary/aromatic N) is 2. The Morgan fingerprint density at radius 3 is 2.39 bits per heavy atom. The van der Waals surface area contributed by atoms with Crippen LogP contribution in [0.5, 0.6) is 0 Å². The van der Waals surface area contributed by atoms with E-state index in [1.54, 1.807) is 6.20 Å². The highest BCUT2D eigenvalue weighted by Gasteiger charge is 2.22. The van der Waals surface area contributed by atoms with Gasteiger partial charge in [0.15, 0.2) is 0 Å². The molecule has 2 N–H and O–H groups in total. The summed E-state index contributed by atoms with van der Waals surface area (Å²) >= 11 is 0. The summed E-state index contributed by atoms with van der Waals surface area (Å²) in [5.74, 6) is 1.84. The van der Waals surface area contributed by atoms with E-state index >= 15 is 0 Å². The van der Waals surface area contributed by atoms with Gasteiger partial charge >= 0.3 is 0 Å². The van der Waals surface area contributed by atoms with Gasteiger partial charge in [0.1, 0.15) is 11.5 Å². The van der Waals surface area contributed by atoms with E-state index in [2.05, 4.69) is 25.9 Å². The van der Waals surface area contributed by atoms with Crippen LogP contribution in [-0.2, 0) is 0 Å². The van der Waals surface area contributed by atoms with E-state index in [0.717, 1.165) is 28.3 Å². The van der Waals surface area contributed by atoms with Crippen molar-refractivity contribution in [2.45, 2.75) is 46.7 Å². The minimum atomic E-state index is -0.188. The molecule has 2 heterocycles. The Balaban J connectivity index is 2.48. The Kier molecular flexibility index (Phi) is 3.30. The first-order chi connectivity index (χ1) is 8.43. The second kappa shape index (κ2) is 4.61. The Labute approximate surface area is 108 Å². The van der Waals surface area contributed by atoms with Crippen molar-refractivity contribution in [1.29, 1.82) is 0 Å².